The van der Waals surface area contributed by atoms with Crippen LogP contribution in [0, 0.1) is 12.7 Å². The van der Waals surface area contributed by atoms with E-state index in [1.807, 2.05) is 44.4 Å². The van der Waals surface area contributed by atoms with E-state index in [1.54, 1.807) is 0 Å². The SMILES string of the molecule is CN(C)CCN.COc1cccc(-c2c(C)n(Cc3ccccc3C(F)(F)F)c(=O)n(CCc3ccccc3)c2=O)c1F. The van der Waals surface area contributed by atoms with Gasteiger partial charge in [-0.3, -0.25) is 13.9 Å². The summed E-state index contributed by atoms with van der Waals surface area (Å²) in [7, 11) is 5.29. The standard InChI is InChI=1S/C28H24F4N2O3.C4H12N2/c1-18-24(21-12-8-14-23(37-2)25(21)29)26(35)33(16-15-19-9-4-3-5-10-19)27(36)34(18)17-20-11-6-7-13-22(20)28(30,31)32;1-6(2)4-3-5/h3-14H,15-17H2,1-2H3;3-5H2,1-2H3. The maximum Gasteiger partial charge on any atom is 0.416 e. The van der Waals surface area contributed by atoms with Gasteiger partial charge in [0, 0.05) is 30.9 Å². The van der Waals surface area contributed by atoms with Crippen molar-refractivity contribution < 1.29 is 22.3 Å². The third-order valence-electron chi connectivity index (χ3n) is 6.83. The summed E-state index contributed by atoms with van der Waals surface area (Å²) in [5.74, 6) is -0.909. The van der Waals surface area contributed by atoms with Crippen LogP contribution in [0.15, 0.2) is 82.4 Å². The fourth-order valence-electron chi connectivity index (χ4n) is 4.60. The van der Waals surface area contributed by atoms with Crippen molar-refractivity contribution in [3.8, 4) is 16.9 Å². The van der Waals surface area contributed by atoms with Crippen molar-refractivity contribution in [2.45, 2.75) is 32.6 Å². The monoisotopic (exact) mass is 600 g/mol. The van der Waals surface area contributed by atoms with E-state index >= 15 is 4.39 Å². The topological polar surface area (TPSA) is 82.5 Å². The number of hydrogen-bond donors (Lipinski definition) is 1. The second kappa shape index (κ2) is 14.8. The lowest BCUT2D eigenvalue weighted by Crippen LogP contribution is -2.43. The lowest BCUT2D eigenvalue weighted by Gasteiger charge is -2.20. The number of aromatic nitrogens is 2. The number of methoxy groups -OCH3 is 1. The van der Waals surface area contributed by atoms with Crippen molar-refractivity contribution in [2.24, 2.45) is 5.73 Å². The van der Waals surface area contributed by atoms with E-state index in [1.165, 1.54) is 50.4 Å². The number of rotatable bonds is 9. The number of benzene rings is 3. The summed E-state index contributed by atoms with van der Waals surface area (Å²) in [5.41, 5.74) is 3.33. The van der Waals surface area contributed by atoms with Crippen LogP contribution in [0.1, 0.15) is 22.4 Å². The zero-order valence-corrected chi connectivity index (χ0v) is 24.6. The molecule has 0 unspecified atom stereocenters. The maximum atomic E-state index is 15.3. The summed E-state index contributed by atoms with van der Waals surface area (Å²) in [6.07, 6.45) is -4.32. The molecule has 0 aliphatic heterocycles. The summed E-state index contributed by atoms with van der Waals surface area (Å²) in [4.78, 5) is 29.1. The highest BCUT2D eigenvalue weighted by atomic mass is 19.4. The third-order valence-corrected chi connectivity index (χ3v) is 6.83. The van der Waals surface area contributed by atoms with Gasteiger partial charge in [0.25, 0.3) is 5.56 Å². The molecule has 230 valence electrons. The number of hydrogen-bond acceptors (Lipinski definition) is 5. The molecule has 1 heterocycles. The van der Waals surface area contributed by atoms with Crippen LogP contribution < -0.4 is 21.7 Å². The van der Waals surface area contributed by atoms with Gasteiger partial charge >= 0.3 is 11.9 Å². The first-order chi connectivity index (χ1) is 20.4. The van der Waals surface area contributed by atoms with Gasteiger partial charge in [0.05, 0.1) is 24.8 Å². The molecule has 0 aliphatic carbocycles. The van der Waals surface area contributed by atoms with Crippen LogP contribution in [0.5, 0.6) is 5.75 Å². The van der Waals surface area contributed by atoms with Gasteiger partial charge in [-0.25, -0.2) is 9.18 Å². The molecule has 43 heavy (non-hydrogen) atoms. The molecule has 4 rings (SSSR count). The minimum Gasteiger partial charge on any atom is -0.494 e. The highest BCUT2D eigenvalue weighted by Crippen LogP contribution is 2.33. The molecule has 2 N–H and O–H groups in total. The third kappa shape index (κ3) is 8.20. The molecule has 0 spiro atoms. The summed E-state index contributed by atoms with van der Waals surface area (Å²) in [6, 6.07) is 18.3. The van der Waals surface area contributed by atoms with Crippen LogP contribution in [-0.2, 0) is 25.7 Å². The van der Waals surface area contributed by atoms with Crippen LogP contribution in [0.25, 0.3) is 11.1 Å². The lowest BCUT2D eigenvalue weighted by molar-refractivity contribution is -0.138. The first-order valence-corrected chi connectivity index (χ1v) is 13.6. The Morgan fingerprint density at radius 3 is 2.14 bits per heavy atom. The predicted octanol–water partition coefficient (Wildman–Crippen LogP) is 4.95. The fourth-order valence-corrected chi connectivity index (χ4v) is 4.60. The molecule has 1 aromatic heterocycles. The molecule has 0 fully saturated rings. The van der Waals surface area contributed by atoms with E-state index in [0.717, 1.165) is 33.9 Å². The van der Waals surface area contributed by atoms with E-state index in [0.29, 0.717) is 6.42 Å². The molecule has 0 saturated heterocycles. The molecule has 11 heteroatoms. The minimum absolute atomic E-state index is 0.0402. The molecular weight excluding hydrogens is 564 g/mol. The normalized spacial score (nSPS) is 11.3. The average Bonchev–Trinajstić information content (AvgIpc) is 2.96. The number of nitrogens with zero attached hydrogens (tertiary/aromatic N) is 3. The first-order valence-electron chi connectivity index (χ1n) is 13.6. The van der Waals surface area contributed by atoms with Gasteiger partial charge in [-0.1, -0.05) is 60.7 Å². The van der Waals surface area contributed by atoms with Crippen LogP contribution in [0.2, 0.25) is 0 Å². The van der Waals surface area contributed by atoms with Gasteiger partial charge < -0.3 is 15.4 Å². The zero-order valence-electron chi connectivity index (χ0n) is 24.6. The molecule has 4 aromatic rings. The van der Waals surface area contributed by atoms with Crippen molar-refractivity contribution in [2.75, 3.05) is 34.3 Å². The van der Waals surface area contributed by atoms with Crippen LogP contribution in [-0.4, -0.2) is 48.3 Å². The molecular formula is C32H36F4N4O3. The molecule has 0 saturated carbocycles. The molecule has 0 amide bonds. The summed E-state index contributed by atoms with van der Waals surface area (Å²) < 4.78 is 63.4. The van der Waals surface area contributed by atoms with Crippen molar-refractivity contribution in [3.63, 3.8) is 0 Å². The van der Waals surface area contributed by atoms with Gasteiger partial charge in [0.2, 0.25) is 0 Å². The Hall–Kier alpha value is -4.22. The molecule has 0 atom stereocenters. The smallest absolute Gasteiger partial charge is 0.416 e. The fraction of sp³-hybridized carbons (Fsp3) is 0.312. The number of aryl methyl sites for hydroxylation is 1. The number of nitrogens with two attached hydrogens (primary N) is 1. The number of ether oxygens (including phenoxy) is 1. The van der Waals surface area contributed by atoms with Crippen molar-refractivity contribution in [3.05, 3.63) is 122 Å². The van der Waals surface area contributed by atoms with E-state index in [4.69, 9.17) is 10.5 Å². The number of alkyl halides is 3. The Morgan fingerprint density at radius 2 is 1.56 bits per heavy atom. The Morgan fingerprint density at radius 1 is 0.907 bits per heavy atom. The molecule has 3 aromatic carbocycles. The number of halogens is 4. The first kappa shape index (κ1) is 33.3. The minimum atomic E-state index is -4.64. The zero-order chi connectivity index (χ0) is 31.7. The van der Waals surface area contributed by atoms with Gasteiger partial charge in [0.1, 0.15) is 0 Å². The Balaban J connectivity index is 0.000000765. The average molecular weight is 601 g/mol. The lowest BCUT2D eigenvalue weighted by atomic mass is 10.0. The van der Waals surface area contributed by atoms with E-state index in [-0.39, 0.29) is 34.7 Å². The summed E-state index contributed by atoms with van der Waals surface area (Å²) >= 11 is 0. The molecule has 0 bridgehead atoms. The Bertz CT molecular complexity index is 1630. The molecule has 7 nitrogen and oxygen atoms in total. The highest BCUT2D eigenvalue weighted by Gasteiger charge is 2.33. The van der Waals surface area contributed by atoms with E-state index in [9.17, 15) is 22.8 Å². The van der Waals surface area contributed by atoms with Crippen molar-refractivity contribution in [1.82, 2.24) is 14.0 Å². The van der Waals surface area contributed by atoms with Gasteiger partial charge in [-0.15, -0.1) is 0 Å². The molecule has 0 radical (unpaired) electrons. The van der Waals surface area contributed by atoms with E-state index < -0.39 is 35.4 Å². The second-order valence-electron chi connectivity index (χ2n) is 10.1. The highest BCUT2D eigenvalue weighted by molar-refractivity contribution is 5.67. The van der Waals surface area contributed by atoms with Crippen molar-refractivity contribution >= 4 is 0 Å². The second-order valence-corrected chi connectivity index (χ2v) is 10.1. The maximum absolute atomic E-state index is 15.3. The van der Waals surface area contributed by atoms with Crippen LogP contribution >= 0.6 is 0 Å². The van der Waals surface area contributed by atoms with Gasteiger partial charge in [0.15, 0.2) is 11.6 Å². The predicted molar refractivity (Wildman–Crippen MR) is 160 cm³/mol. The summed E-state index contributed by atoms with van der Waals surface area (Å²) in [6.45, 7) is 2.67. The van der Waals surface area contributed by atoms with Crippen LogP contribution in [0.3, 0.4) is 0 Å². The van der Waals surface area contributed by atoms with Crippen molar-refractivity contribution in [1.29, 1.82) is 0 Å². The summed E-state index contributed by atoms with van der Waals surface area (Å²) in [5, 5.41) is 0. The van der Waals surface area contributed by atoms with E-state index in [2.05, 4.69) is 4.90 Å². The quantitative estimate of drug-likeness (QED) is 0.275. The van der Waals surface area contributed by atoms with Gasteiger partial charge in [-0.2, -0.15) is 13.2 Å². The Labute approximate surface area is 247 Å². The molecule has 0 aliphatic rings. The van der Waals surface area contributed by atoms with Crippen LogP contribution in [0.4, 0.5) is 17.6 Å². The number of likely N-dealkylation sites (N-methyl/N-ethyl adjacent to an activating group) is 1. The Kier molecular flexibility index (Phi) is 11.4. The van der Waals surface area contributed by atoms with Gasteiger partial charge in [-0.05, 0) is 50.7 Å². The largest absolute Gasteiger partial charge is 0.494 e.